The van der Waals surface area contributed by atoms with Crippen molar-refractivity contribution in [1.82, 2.24) is 0 Å². The average Bonchev–Trinajstić information content (AvgIpc) is 2.81. The number of rotatable bonds is 12. The van der Waals surface area contributed by atoms with Crippen molar-refractivity contribution in [3.63, 3.8) is 0 Å². The first-order valence-corrected chi connectivity index (χ1v) is 12.1. The van der Waals surface area contributed by atoms with E-state index in [0.717, 1.165) is 5.41 Å². The number of anilines is 1. The molecule has 2 aromatic rings. The molecule has 0 saturated heterocycles. The topological polar surface area (TPSA) is 117 Å². The third kappa shape index (κ3) is 7.39. The Morgan fingerprint density at radius 2 is 1.62 bits per heavy atom. The number of alkyl halides is 1. The molecule has 0 radical (unpaired) electrons. The highest BCUT2D eigenvalue weighted by atomic mass is 35.5. The molecule has 11 heteroatoms. The van der Waals surface area contributed by atoms with Crippen LogP contribution in [0.2, 0.25) is 0 Å². The summed E-state index contributed by atoms with van der Waals surface area (Å²) >= 11 is 5.69. The lowest BCUT2D eigenvalue weighted by Gasteiger charge is -2.13. The molecule has 0 aliphatic heterocycles. The molecule has 2 aromatic carbocycles. The van der Waals surface area contributed by atoms with Gasteiger partial charge in [-0.1, -0.05) is 6.07 Å². The molecule has 0 fully saturated rings. The molecule has 1 atom stereocenters. The van der Waals surface area contributed by atoms with Crippen LogP contribution in [-0.4, -0.2) is 54.4 Å². The van der Waals surface area contributed by atoms with Crippen LogP contribution in [0.4, 0.5) is 5.69 Å². The van der Waals surface area contributed by atoms with Crippen LogP contribution >= 0.6 is 11.6 Å². The van der Waals surface area contributed by atoms with Gasteiger partial charge in [-0.3, -0.25) is 4.79 Å². The summed E-state index contributed by atoms with van der Waals surface area (Å²) in [7, 11) is 2.08. The summed E-state index contributed by atoms with van der Waals surface area (Å²) in [5.41, 5.74) is 1.10. The molecule has 184 valence electrons. The molecule has 0 spiro atoms. The number of methoxy groups -OCH3 is 4. The molecule has 0 aliphatic rings. The molecule has 0 aromatic heterocycles. The van der Waals surface area contributed by atoms with Gasteiger partial charge in [0.05, 0.1) is 57.2 Å². The number of nitrogens with one attached hydrogen (secondary N) is 1. The van der Waals surface area contributed by atoms with Gasteiger partial charge in [-0.05, 0) is 23.8 Å². The van der Waals surface area contributed by atoms with Gasteiger partial charge < -0.3 is 29.1 Å². The first-order chi connectivity index (χ1) is 16.2. The predicted octanol–water partition coefficient (Wildman–Crippen LogP) is 3.44. The number of sulfone groups is 1. The van der Waals surface area contributed by atoms with E-state index < -0.39 is 21.1 Å². The second kappa shape index (κ2) is 12.3. The Morgan fingerprint density at radius 1 is 1.00 bits per heavy atom. The van der Waals surface area contributed by atoms with Crippen molar-refractivity contribution in [1.29, 1.82) is 0 Å². The van der Waals surface area contributed by atoms with Crippen molar-refractivity contribution in [3.8, 4) is 23.0 Å². The maximum atomic E-state index is 12.8. The van der Waals surface area contributed by atoms with Gasteiger partial charge in [0.1, 0.15) is 29.3 Å². The number of ether oxygens (including phenoxy) is 4. The monoisotopic (exact) mass is 511 g/mol. The largest absolute Gasteiger partial charge is 0.496 e. The highest BCUT2D eigenvalue weighted by molar-refractivity contribution is 7.93. The van der Waals surface area contributed by atoms with Crippen LogP contribution in [0, 0.1) is 0 Å². The molecule has 1 unspecified atom stereocenters. The van der Waals surface area contributed by atoms with Crippen molar-refractivity contribution in [3.05, 3.63) is 46.9 Å². The van der Waals surface area contributed by atoms with E-state index in [0.29, 0.717) is 40.4 Å². The second-order valence-corrected chi connectivity index (χ2v) is 9.44. The van der Waals surface area contributed by atoms with Crippen LogP contribution in [-0.2, 0) is 25.2 Å². The minimum atomic E-state index is -3.73. The third-order valence-corrected chi connectivity index (χ3v) is 6.17. The Hall–Kier alpha value is -3.24. The highest BCUT2D eigenvalue weighted by Gasteiger charge is 2.16. The van der Waals surface area contributed by atoms with Gasteiger partial charge in [0, 0.05) is 17.5 Å². The van der Waals surface area contributed by atoms with Crippen LogP contribution in [0.3, 0.4) is 0 Å². The number of halogens is 1. The smallest absolute Gasteiger partial charge is 0.226 e. The number of carbonyl (C=O) groups excluding carboxylic acids is 2. The second-order valence-electron chi connectivity index (χ2n) is 6.99. The fourth-order valence-corrected chi connectivity index (χ4v) is 4.24. The maximum Gasteiger partial charge on any atom is 0.226 e. The normalized spacial score (nSPS) is 12.1. The Labute approximate surface area is 203 Å². The Kier molecular flexibility index (Phi) is 9.76. The Morgan fingerprint density at radius 3 is 2.15 bits per heavy atom. The number of carbonyl (C=O) groups is 2. The molecule has 0 aliphatic carbocycles. The first kappa shape index (κ1) is 27.0. The van der Waals surface area contributed by atoms with E-state index in [4.69, 9.17) is 30.5 Å². The van der Waals surface area contributed by atoms with E-state index in [9.17, 15) is 18.0 Å². The summed E-state index contributed by atoms with van der Waals surface area (Å²) < 4.78 is 46.7. The quantitative estimate of drug-likeness (QED) is 0.340. The number of benzene rings is 2. The van der Waals surface area contributed by atoms with Crippen molar-refractivity contribution >= 4 is 45.4 Å². The summed E-state index contributed by atoms with van der Waals surface area (Å²) in [6, 6.07) is 7.83. The zero-order valence-electron chi connectivity index (χ0n) is 19.2. The van der Waals surface area contributed by atoms with Gasteiger partial charge in [-0.25, -0.2) is 8.42 Å². The lowest BCUT2D eigenvalue weighted by molar-refractivity contribution is -0.118. The van der Waals surface area contributed by atoms with Crippen LogP contribution in [0.15, 0.2) is 35.7 Å². The SMILES string of the molecule is COc1cc(OC)c(C=CS(=O)(=O)Cc2ccc(OC)c(NC(=O)CC(Cl)C=O)c2)c(OC)c1. The molecule has 1 N–H and O–H groups in total. The van der Waals surface area contributed by atoms with Crippen LogP contribution in [0.5, 0.6) is 23.0 Å². The van der Waals surface area contributed by atoms with E-state index >= 15 is 0 Å². The number of amides is 1. The summed E-state index contributed by atoms with van der Waals surface area (Å²) in [6.07, 6.45) is 1.62. The van der Waals surface area contributed by atoms with E-state index in [-0.39, 0.29) is 17.9 Å². The van der Waals surface area contributed by atoms with Crippen molar-refractivity contribution in [2.24, 2.45) is 0 Å². The van der Waals surface area contributed by atoms with Gasteiger partial charge in [0.25, 0.3) is 0 Å². The third-order valence-electron chi connectivity index (χ3n) is 4.63. The molecule has 34 heavy (non-hydrogen) atoms. The van der Waals surface area contributed by atoms with Gasteiger partial charge in [-0.15, -0.1) is 11.6 Å². The zero-order valence-corrected chi connectivity index (χ0v) is 20.7. The summed E-state index contributed by atoms with van der Waals surface area (Å²) in [6.45, 7) is 0. The van der Waals surface area contributed by atoms with E-state index in [2.05, 4.69) is 5.32 Å². The van der Waals surface area contributed by atoms with Crippen molar-refractivity contribution in [2.75, 3.05) is 33.8 Å². The Balaban J connectivity index is 2.29. The summed E-state index contributed by atoms with van der Waals surface area (Å²) in [5, 5.41) is 2.68. The van der Waals surface area contributed by atoms with Gasteiger partial charge >= 0.3 is 0 Å². The predicted molar refractivity (Wildman–Crippen MR) is 130 cm³/mol. The zero-order chi connectivity index (χ0) is 25.3. The van der Waals surface area contributed by atoms with Crippen molar-refractivity contribution in [2.45, 2.75) is 17.6 Å². The average molecular weight is 512 g/mol. The lowest BCUT2D eigenvalue weighted by Crippen LogP contribution is -2.18. The van der Waals surface area contributed by atoms with Gasteiger partial charge in [0.2, 0.25) is 5.91 Å². The molecule has 0 bridgehead atoms. The molecule has 0 heterocycles. The van der Waals surface area contributed by atoms with Crippen molar-refractivity contribution < 1.29 is 37.0 Å². The lowest BCUT2D eigenvalue weighted by atomic mass is 10.1. The fraction of sp³-hybridized carbons (Fsp3) is 0.304. The molecular weight excluding hydrogens is 486 g/mol. The van der Waals surface area contributed by atoms with E-state index in [1.54, 1.807) is 18.2 Å². The molecular formula is C23H26ClNO8S. The van der Waals surface area contributed by atoms with E-state index in [1.165, 1.54) is 46.6 Å². The van der Waals surface area contributed by atoms with E-state index in [1.807, 2.05) is 0 Å². The van der Waals surface area contributed by atoms with Gasteiger partial charge in [0.15, 0.2) is 9.84 Å². The van der Waals surface area contributed by atoms with Gasteiger partial charge in [-0.2, -0.15) is 0 Å². The fourth-order valence-electron chi connectivity index (χ4n) is 3.02. The molecule has 1 amide bonds. The minimum absolute atomic E-state index is 0.231. The highest BCUT2D eigenvalue weighted by Crippen LogP contribution is 2.35. The number of aldehydes is 1. The Bertz CT molecular complexity index is 1140. The molecule has 0 saturated carbocycles. The summed E-state index contributed by atoms with van der Waals surface area (Å²) in [5.74, 6) is 0.730. The molecule has 2 rings (SSSR count). The van der Waals surface area contributed by atoms with Crippen LogP contribution < -0.4 is 24.3 Å². The molecule has 9 nitrogen and oxygen atoms in total. The maximum absolute atomic E-state index is 12.8. The number of hydrogen-bond donors (Lipinski definition) is 1. The first-order valence-electron chi connectivity index (χ1n) is 9.93. The van der Waals surface area contributed by atoms with Crippen LogP contribution in [0.25, 0.3) is 6.08 Å². The summed E-state index contributed by atoms with van der Waals surface area (Å²) in [4.78, 5) is 22.8. The van der Waals surface area contributed by atoms with Crippen LogP contribution in [0.1, 0.15) is 17.5 Å². The minimum Gasteiger partial charge on any atom is -0.496 e. The standard InChI is InChI=1S/C23H26ClNO8S/c1-30-17-11-21(32-3)18(22(12-17)33-4)7-8-34(28,29)14-15-5-6-20(31-2)19(9-15)25-23(27)10-16(24)13-26/h5-9,11-13,16H,10,14H2,1-4H3,(H,25,27). The number of hydrogen-bond acceptors (Lipinski definition) is 8.